The van der Waals surface area contributed by atoms with E-state index in [-0.39, 0.29) is 0 Å². The molecule has 0 saturated carbocycles. The highest BCUT2D eigenvalue weighted by Gasteiger charge is 2.23. The molecule has 0 saturated heterocycles. The van der Waals surface area contributed by atoms with Crippen LogP contribution in [0, 0.1) is 0 Å². The molecule has 9 aromatic carbocycles. The van der Waals surface area contributed by atoms with Gasteiger partial charge in [-0.05, 0) is 63.9 Å². The molecule has 0 atom stereocenters. The number of hydrogen-bond acceptors (Lipinski definition) is 4. The van der Waals surface area contributed by atoms with Crippen LogP contribution in [0.15, 0.2) is 211 Å². The van der Waals surface area contributed by atoms with Gasteiger partial charge in [-0.3, -0.25) is 0 Å². The van der Waals surface area contributed by atoms with Crippen LogP contribution < -0.4 is 0 Å². The molecule has 0 radical (unpaired) electrons. The molecule has 0 aliphatic heterocycles. The van der Waals surface area contributed by atoms with Crippen molar-refractivity contribution in [3.63, 3.8) is 0 Å². The number of nitrogens with zero attached hydrogens (tertiary/aromatic N) is 4. The second kappa shape index (κ2) is 13.8. The summed E-state index contributed by atoms with van der Waals surface area (Å²) in [7, 11) is 0. The summed E-state index contributed by atoms with van der Waals surface area (Å²) in [6, 6.07) is 72.2. The smallest absolute Gasteiger partial charge is 0.164 e. The zero-order chi connectivity index (χ0) is 39.6. The lowest BCUT2D eigenvalue weighted by molar-refractivity contribution is 0.670. The largest absolute Gasteiger partial charge is 0.455 e. The average molecular weight is 767 g/mol. The molecule has 280 valence electrons. The summed E-state index contributed by atoms with van der Waals surface area (Å²) in [5, 5.41) is 6.80. The van der Waals surface area contributed by atoms with Crippen LogP contribution in [0.3, 0.4) is 0 Å². The monoisotopic (exact) mass is 766 g/mol. The maximum Gasteiger partial charge on any atom is 0.164 e. The molecule has 5 heteroatoms. The van der Waals surface area contributed by atoms with E-state index in [1.54, 1.807) is 0 Å². The third-order valence-electron chi connectivity index (χ3n) is 11.6. The predicted octanol–water partition coefficient (Wildman–Crippen LogP) is 14.4. The Morgan fingerprint density at radius 1 is 0.350 bits per heavy atom. The summed E-state index contributed by atoms with van der Waals surface area (Å²) in [6.45, 7) is 0. The van der Waals surface area contributed by atoms with Gasteiger partial charge in [-0.15, -0.1) is 0 Å². The summed E-state index contributed by atoms with van der Waals surface area (Å²) in [4.78, 5) is 15.3. The predicted molar refractivity (Wildman–Crippen MR) is 246 cm³/mol. The number of furan rings is 1. The number of hydrogen-bond donors (Lipinski definition) is 0. The van der Waals surface area contributed by atoms with E-state index in [0.717, 1.165) is 66.5 Å². The van der Waals surface area contributed by atoms with Crippen LogP contribution in [0.25, 0.3) is 117 Å². The molecule has 12 rings (SSSR count). The molecule has 3 aromatic heterocycles. The lowest BCUT2D eigenvalue weighted by Crippen LogP contribution is -2.00. The first-order valence-corrected chi connectivity index (χ1v) is 20.2. The van der Waals surface area contributed by atoms with Gasteiger partial charge >= 0.3 is 0 Å². The number of rotatable bonds is 6. The van der Waals surface area contributed by atoms with E-state index in [4.69, 9.17) is 19.4 Å². The Bertz CT molecular complexity index is 3520. The first-order valence-electron chi connectivity index (χ1n) is 20.2. The van der Waals surface area contributed by atoms with Gasteiger partial charge in [-0.1, -0.05) is 170 Å². The summed E-state index contributed by atoms with van der Waals surface area (Å²) < 4.78 is 9.34. The van der Waals surface area contributed by atoms with Crippen LogP contribution in [-0.2, 0) is 0 Å². The van der Waals surface area contributed by atoms with Gasteiger partial charge in [0.25, 0.3) is 0 Å². The van der Waals surface area contributed by atoms with Crippen molar-refractivity contribution in [3.8, 4) is 62.1 Å². The van der Waals surface area contributed by atoms with Gasteiger partial charge in [0.2, 0.25) is 0 Å². The lowest BCUT2D eigenvalue weighted by atomic mass is 9.99. The Morgan fingerprint density at radius 3 is 1.65 bits per heavy atom. The SMILES string of the molecule is c1ccc(-c2ccc3c(c2)c2c4ccccc4ccc2n3-c2cc(-c3ccccc3)c3oc4cccc(-c5nc(-c6ccccc6)nc(-c6ccccc6)n5)c4c3c2)cc1. The fraction of sp³-hybridized carbons (Fsp3) is 0. The van der Waals surface area contributed by atoms with Crippen LogP contribution in [0.5, 0.6) is 0 Å². The standard InChI is InChI=1S/C55H34N4O/c1-5-16-35(17-6-1)40-29-30-47-45(32-40)50-42-25-14-13-20-37(42)28-31-48(50)59(47)41-33-44(36-18-7-2-8-19-36)52-46(34-41)51-43(26-15-27-49(51)60-52)55-57-53(38-21-9-3-10-22-38)56-54(58-55)39-23-11-4-12-24-39/h1-34H. The summed E-state index contributed by atoms with van der Waals surface area (Å²) in [5.41, 5.74) is 12.0. The Morgan fingerprint density at radius 2 is 0.950 bits per heavy atom. The summed E-state index contributed by atoms with van der Waals surface area (Å²) >= 11 is 0. The minimum atomic E-state index is 0.583. The quantitative estimate of drug-likeness (QED) is 0.169. The third-order valence-corrected chi connectivity index (χ3v) is 11.6. The highest BCUT2D eigenvalue weighted by Crippen LogP contribution is 2.44. The summed E-state index contributed by atoms with van der Waals surface area (Å²) in [5.74, 6) is 1.81. The molecule has 0 N–H and O–H groups in total. The molecule has 0 amide bonds. The van der Waals surface area contributed by atoms with Gasteiger partial charge in [0, 0.05) is 49.5 Å². The number of benzene rings is 9. The summed E-state index contributed by atoms with van der Waals surface area (Å²) in [6.07, 6.45) is 0. The minimum Gasteiger partial charge on any atom is -0.455 e. The highest BCUT2D eigenvalue weighted by molar-refractivity contribution is 6.22. The van der Waals surface area contributed by atoms with E-state index in [2.05, 4.69) is 138 Å². The second-order valence-electron chi connectivity index (χ2n) is 15.2. The van der Waals surface area contributed by atoms with E-state index < -0.39 is 0 Å². The molecule has 0 unspecified atom stereocenters. The van der Waals surface area contributed by atoms with Gasteiger partial charge in [-0.25, -0.2) is 15.0 Å². The van der Waals surface area contributed by atoms with E-state index >= 15 is 0 Å². The maximum atomic E-state index is 6.92. The van der Waals surface area contributed by atoms with Crippen molar-refractivity contribution in [2.75, 3.05) is 0 Å². The van der Waals surface area contributed by atoms with Crippen LogP contribution in [0.4, 0.5) is 0 Å². The van der Waals surface area contributed by atoms with Crippen LogP contribution in [-0.4, -0.2) is 19.5 Å². The molecule has 0 bridgehead atoms. The molecular formula is C55H34N4O. The zero-order valence-electron chi connectivity index (χ0n) is 32.3. The molecule has 0 aliphatic rings. The van der Waals surface area contributed by atoms with Gasteiger partial charge in [0.1, 0.15) is 11.2 Å². The van der Waals surface area contributed by atoms with E-state index in [9.17, 15) is 0 Å². The molecule has 5 nitrogen and oxygen atoms in total. The number of aromatic nitrogens is 4. The van der Waals surface area contributed by atoms with Crippen LogP contribution in [0.2, 0.25) is 0 Å². The Balaban J connectivity index is 1.17. The molecule has 60 heavy (non-hydrogen) atoms. The molecule has 0 fully saturated rings. The molecular weight excluding hydrogens is 733 g/mol. The Hall–Kier alpha value is -8.15. The van der Waals surface area contributed by atoms with Gasteiger partial charge < -0.3 is 8.98 Å². The van der Waals surface area contributed by atoms with Gasteiger partial charge in [0.05, 0.1) is 11.0 Å². The van der Waals surface area contributed by atoms with Crippen LogP contribution in [0.1, 0.15) is 0 Å². The lowest BCUT2D eigenvalue weighted by Gasteiger charge is -2.13. The normalized spacial score (nSPS) is 11.7. The van der Waals surface area contributed by atoms with Crippen molar-refractivity contribution in [1.29, 1.82) is 0 Å². The number of fused-ring (bicyclic) bond motifs is 8. The maximum absolute atomic E-state index is 6.92. The topological polar surface area (TPSA) is 56.7 Å². The highest BCUT2D eigenvalue weighted by atomic mass is 16.3. The fourth-order valence-corrected chi connectivity index (χ4v) is 8.87. The zero-order valence-corrected chi connectivity index (χ0v) is 32.3. The van der Waals surface area contributed by atoms with Crippen LogP contribution >= 0.6 is 0 Å². The van der Waals surface area contributed by atoms with Crippen molar-refractivity contribution >= 4 is 54.5 Å². The molecule has 0 aliphatic carbocycles. The average Bonchev–Trinajstić information content (AvgIpc) is 3.88. The van der Waals surface area contributed by atoms with Crippen molar-refractivity contribution in [3.05, 3.63) is 206 Å². The van der Waals surface area contributed by atoms with E-state index in [1.165, 1.54) is 32.7 Å². The first-order chi connectivity index (χ1) is 29.7. The van der Waals surface area contributed by atoms with Gasteiger partial charge in [0.15, 0.2) is 17.5 Å². The van der Waals surface area contributed by atoms with E-state index in [0.29, 0.717) is 17.5 Å². The minimum absolute atomic E-state index is 0.583. The third kappa shape index (κ3) is 5.52. The van der Waals surface area contributed by atoms with Gasteiger partial charge in [-0.2, -0.15) is 0 Å². The molecule has 12 aromatic rings. The fourth-order valence-electron chi connectivity index (χ4n) is 8.87. The molecule has 3 heterocycles. The first kappa shape index (κ1) is 33.9. The van der Waals surface area contributed by atoms with Crippen molar-refractivity contribution < 1.29 is 4.42 Å². The van der Waals surface area contributed by atoms with Crippen molar-refractivity contribution in [2.45, 2.75) is 0 Å². The second-order valence-corrected chi connectivity index (χ2v) is 15.2. The van der Waals surface area contributed by atoms with Crippen molar-refractivity contribution in [1.82, 2.24) is 19.5 Å². The Kier molecular flexibility index (Phi) is 7.78. The molecule has 0 spiro atoms. The van der Waals surface area contributed by atoms with Crippen molar-refractivity contribution in [2.24, 2.45) is 0 Å². The Labute approximate surface area is 345 Å². The van der Waals surface area contributed by atoms with E-state index in [1.807, 2.05) is 72.8 Å².